The average Bonchev–Trinajstić information content (AvgIpc) is 2.31. The van der Waals surface area contributed by atoms with E-state index in [2.05, 4.69) is 0 Å². The minimum atomic E-state index is -5.08. The average molecular weight is 294 g/mol. The van der Waals surface area contributed by atoms with Crippen LogP contribution in [-0.4, -0.2) is 34.3 Å². The summed E-state index contributed by atoms with van der Waals surface area (Å²) in [6.07, 6.45) is -4.68. The van der Waals surface area contributed by atoms with Gasteiger partial charge >= 0.3 is 12.1 Å². The Balaban J connectivity index is 0.000000441. The molecule has 0 saturated heterocycles. The zero-order chi connectivity index (χ0) is 15.9. The van der Waals surface area contributed by atoms with Gasteiger partial charge in [0.25, 0.3) is 0 Å². The van der Waals surface area contributed by atoms with E-state index in [4.69, 9.17) is 26.5 Å². The molecule has 0 heterocycles. The Hall–Kier alpha value is -2.29. The predicted octanol–water partition coefficient (Wildman–Crippen LogP) is 0.381. The molecule has 0 aromatic heterocycles. The Bertz CT molecular complexity index is 460. The molecule has 0 aliphatic heterocycles. The lowest BCUT2D eigenvalue weighted by Crippen LogP contribution is -2.38. The molecule has 0 saturated carbocycles. The quantitative estimate of drug-likeness (QED) is 0.641. The summed E-state index contributed by atoms with van der Waals surface area (Å²) in [6.45, 7) is 0. The van der Waals surface area contributed by atoms with Crippen LogP contribution in [0.5, 0.6) is 5.75 Å². The van der Waals surface area contributed by atoms with E-state index in [9.17, 15) is 18.0 Å². The van der Waals surface area contributed by atoms with Crippen molar-refractivity contribution in [1.29, 1.82) is 0 Å². The molecular formula is C11H13F3N2O4. The molecule has 1 aromatic rings. The summed E-state index contributed by atoms with van der Waals surface area (Å²) in [5.41, 5.74) is 11.3. The normalized spacial score (nSPS) is 12.0. The zero-order valence-electron chi connectivity index (χ0n) is 10.1. The number of carboxylic acids is 1. The van der Waals surface area contributed by atoms with E-state index in [1.54, 1.807) is 24.3 Å². The van der Waals surface area contributed by atoms with E-state index in [0.717, 1.165) is 5.56 Å². The standard InChI is InChI=1S/C9H12N2O2.C2HF3O2/c10-8(9(11)13)5-6-1-3-7(12)4-2-6;3-2(4,5)1(6)7/h1-4,8,12H,5,10H2,(H2,11,13);(H,6,7)/t8-;/m0./s1. The number of aliphatic carboxylic acids is 1. The molecular weight excluding hydrogens is 281 g/mol. The Kier molecular flexibility index (Phi) is 6.50. The summed E-state index contributed by atoms with van der Waals surface area (Å²) >= 11 is 0. The number of phenolic OH excluding ortho intramolecular Hbond substituents is 1. The van der Waals surface area contributed by atoms with E-state index in [1.807, 2.05) is 0 Å². The van der Waals surface area contributed by atoms with Crippen LogP contribution in [0.3, 0.4) is 0 Å². The van der Waals surface area contributed by atoms with Gasteiger partial charge in [0.15, 0.2) is 0 Å². The van der Waals surface area contributed by atoms with Crippen LogP contribution in [0.25, 0.3) is 0 Å². The highest BCUT2D eigenvalue weighted by atomic mass is 19.4. The largest absolute Gasteiger partial charge is 0.508 e. The highest BCUT2D eigenvalue weighted by Gasteiger charge is 2.38. The number of carboxylic acid groups (broad SMARTS) is 1. The van der Waals surface area contributed by atoms with Crippen LogP contribution in [0, 0.1) is 0 Å². The van der Waals surface area contributed by atoms with Gasteiger partial charge in [-0.2, -0.15) is 13.2 Å². The number of carbonyl (C=O) groups excluding carboxylic acids is 1. The van der Waals surface area contributed by atoms with Crippen LogP contribution >= 0.6 is 0 Å². The minimum absolute atomic E-state index is 0.191. The minimum Gasteiger partial charge on any atom is -0.508 e. The Labute approximate surface area is 111 Å². The zero-order valence-corrected chi connectivity index (χ0v) is 10.1. The molecule has 1 amide bonds. The van der Waals surface area contributed by atoms with E-state index in [0.29, 0.717) is 6.42 Å². The second kappa shape index (κ2) is 7.34. The van der Waals surface area contributed by atoms with Crippen LogP contribution < -0.4 is 11.5 Å². The first-order valence-corrected chi connectivity index (χ1v) is 5.17. The van der Waals surface area contributed by atoms with E-state index in [1.165, 1.54) is 0 Å². The summed E-state index contributed by atoms with van der Waals surface area (Å²) in [6, 6.07) is 5.84. The number of alkyl halides is 3. The number of rotatable bonds is 3. The van der Waals surface area contributed by atoms with Gasteiger partial charge in [-0.3, -0.25) is 4.79 Å². The predicted molar refractivity (Wildman–Crippen MR) is 62.7 cm³/mol. The van der Waals surface area contributed by atoms with Crippen molar-refractivity contribution in [2.45, 2.75) is 18.6 Å². The molecule has 6 N–H and O–H groups in total. The van der Waals surface area contributed by atoms with Crippen molar-refractivity contribution in [2.75, 3.05) is 0 Å². The third-order valence-electron chi connectivity index (χ3n) is 2.00. The van der Waals surface area contributed by atoms with Gasteiger partial charge in [0.1, 0.15) is 5.75 Å². The highest BCUT2D eigenvalue weighted by molar-refractivity contribution is 5.79. The Morgan fingerprint density at radius 3 is 1.90 bits per heavy atom. The molecule has 112 valence electrons. The van der Waals surface area contributed by atoms with E-state index < -0.39 is 24.1 Å². The number of carbonyl (C=O) groups is 2. The molecule has 0 fully saturated rings. The van der Waals surface area contributed by atoms with Crippen molar-refractivity contribution < 1.29 is 33.0 Å². The Morgan fingerprint density at radius 2 is 1.60 bits per heavy atom. The van der Waals surface area contributed by atoms with Crippen molar-refractivity contribution >= 4 is 11.9 Å². The van der Waals surface area contributed by atoms with Gasteiger partial charge < -0.3 is 21.7 Å². The lowest BCUT2D eigenvalue weighted by Gasteiger charge is -2.06. The van der Waals surface area contributed by atoms with Crippen molar-refractivity contribution in [2.24, 2.45) is 11.5 Å². The summed E-state index contributed by atoms with van der Waals surface area (Å²) in [7, 11) is 0. The molecule has 0 aliphatic carbocycles. The second-order valence-electron chi connectivity index (χ2n) is 3.68. The third-order valence-corrected chi connectivity index (χ3v) is 2.00. The summed E-state index contributed by atoms with van der Waals surface area (Å²) < 4.78 is 31.7. The van der Waals surface area contributed by atoms with Crippen molar-refractivity contribution in [1.82, 2.24) is 0 Å². The molecule has 1 rings (SSSR count). The molecule has 9 heteroatoms. The van der Waals surface area contributed by atoms with Gasteiger partial charge in [-0.15, -0.1) is 0 Å². The molecule has 0 unspecified atom stereocenters. The van der Waals surface area contributed by atoms with Crippen molar-refractivity contribution in [3.63, 3.8) is 0 Å². The maximum atomic E-state index is 10.6. The number of amides is 1. The molecule has 0 radical (unpaired) electrons. The van der Waals surface area contributed by atoms with Gasteiger partial charge in [-0.1, -0.05) is 12.1 Å². The van der Waals surface area contributed by atoms with Crippen LogP contribution in [0.15, 0.2) is 24.3 Å². The monoisotopic (exact) mass is 294 g/mol. The second-order valence-corrected chi connectivity index (χ2v) is 3.68. The first-order valence-electron chi connectivity index (χ1n) is 5.17. The molecule has 20 heavy (non-hydrogen) atoms. The first kappa shape index (κ1) is 17.7. The summed E-state index contributed by atoms with van der Waals surface area (Å²) in [5, 5.41) is 16.1. The number of phenols is 1. The third kappa shape index (κ3) is 7.21. The number of halogens is 3. The molecule has 0 spiro atoms. The number of aromatic hydroxyl groups is 1. The van der Waals surface area contributed by atoms with Crippen LogP contribution in [0.1, 0.15) is 5.56 Å². The first-order chi connectivity index (χ1) is 9.04. The molecule has 0 aliphatic rings. The fourth-order valence-corrected chi connectivity index (χ4v) is 0.987. The maximum Gasteiger partial charge on any atom is 0.490 e. The van der Waals surface area contributed by atoms with E-state index >= 15 is 0 Å². The van der Waals surface area contributed by atoms with Crippen LogP contribution in [0.4, 0.5) is 13.2 Å². The molecule has 6 nitrogen and oxygen atoms in total. The number of hydrogen-bond acceptors (Lipinski definition) is 4. The van der Waals surface area contributed by atoms with Crippen molar-refractivity contribution in [3.05, 3.63) is 29.8 Å². The van der Waals surface area contributed by atoms with Gasteiger partial charge in [0.05, 0.1) is 6.04 Å². The van der Waals surface area contributed by atoms with Gasteiger partial charge in [0.2, 0.25) is 5.91 Å². The number of hydrogen-bond donors (Lipinski definition) is 4. The molecule has 1 atom stereocenters. The molecule has 1 aromatic carbocycles. The van der Waals surface area contributed by atoms with Gasteiger partial charge in [0, 0.05) is 0 Å². The summed E-state index contributed by atoms with van der Waals surface area (Å²) in [5.74, 6) is -3.09. The smallest absolute Gasteiger partial charge is 0.490 e. The number of primary amides is 1. The fourth-order valence-electron chi connectivity index (χ4n) is 0.987. The highest BCUT2D eigenvalue weighted by Crippen LogP contribution is 2.13. The topological polar surface area (TPSA) is 127 Å². The van der Waals surface area contributed by atoms with Crippen molar-refractivity contribution in [3.8, 4) is 5.75 Å². The number of nitrogens with two attached hydrogens (primary N) is 2. The fraction of sp³-hybridized carbons (Fsp3) is 0.273. The summed E-state index contributed by atoms with van der Waals surface area (Å²) in [4.78, 5) is 19.5. The molecule has 0 bridgehead atoms. The lowest BCUT2D eigenvalue weighted by atomic mass is 10.1. The van der Waals surface area contributed by atoms with Gasteiger partial charge in [-0.05, 0) is 24.1 Å². The lowest BCUT2D eigenvalue weighted by molar-refractivity contribution is -0.192. The SMILES string of the molecule is NC(=O)[C@@H](N)Cc1ccc(O)cc1.O=C(O)C(F)(F)F. The van der Waals surface area contributed by atoms with Crippen LogP contribution in [0.2, 0.25) is 0 Å². The maximum absolute atomic E-state index is 10.6. The Morgan fingerprint density at radius 1 is 1.20 bits per heavy atom. The van der Waals surface area contributed by atoms with Crippen LogP contribution in [-0.2, 0) is 16.0 Å². The van der Waals surface area contributed by atoms with Gasteiger partial charge in [-0.25, -0.2) is 4.79 Å². The van der Waals surface area contributed by atoms with E-state index in [-0.39, 0.29) is 5.75 Å². The number of benzene rings is 1.